The Bertz CT molecular complexity index is 673. The molecular formula is C12H12N6. The second-order valence-electron chi connectivity index (χ2n) is 4.08. The van der Waals surface area contributed by atoms with Gasteiger partial charge in [0.1, 0.15) is 6.33 Å². The Labute approximate surface area is 104 Å². The number of benzene rings is 1. The van der Waals surface area contributed by atoms with Gasteiger partial charge < -0.3 is 4.90 Å². The van der Waals surface area contributed by atoms with Crippen LogP contribution in [0, 0.1) is 0 Å². The molecule has 2 aromatic heterocycles. The fourth-order valence-corrected chi connectivity index (χ4v) is 1.72. The van der Waals surface area contributed by atoms with Crippen LogP contribution in [0.1, 0.15) is 0 Å². The zero-order valence-electron chi connectivity index (χ0n) is 10.1. The van der Waals surface area contributed by atoms with Crippen molar-refractivity contribution in [2.45, 2.75) is 0 Å². The van der Waals surface area contributed by atoms with Gasteiger partial charge >= 0.3 is 0 Å². The van der Waals surface area contributed by atoms with E-state index in [4.69, 9.17) is 0 Å². The maximum atomic E-state index is 4.52. The quantitative estimate of drug-likeness (QED) is 0.674. The third-order valence-corrected chi connectivity index (χ3v) is 2.56. The van der Waals surface area contributed by atoms with Gasteiger partial charge in [0.05, 0.1) is 0 Å². The Morgan fingerprint density at radius 1 is 1.06 bits per heavy atom. The zero-order chi connectivity index (χ0) is 12.5. The highest BCUT2D eigenvalue weighted by Gasteiger charge is 2.11. The number of aromatic nitrogens is 5. The normalized spacial score (nSPS) is 10.8. The number of nitrogens with zero attached hydrogens (tertiary/aromatic N) is 6. The standard InChI is InChI=1S/C12H12N6/c1-17(2)12-16-10(9-6-4-3-5-7-9)15-11-13-8-14-18(11)12/h3-8H,1-2H3. The molecule has 0 amide bonds. The predicted molar refractivity (Wildman–Crippen MR) is 68.3 cm³/mol. The van der Waals surface area contributed by atoms with E-state index >= 15 is 0 Å². The summed E-state index contributed by atoms with van der Waals surface area (Å²) in [6.45, 7) is 0. The van der Waals surface area contributed by atoms with Crippen molar-refractivity contribution in [1.82, 2.24) is 24.6 Å². The van der Waals surface area contributed by atoms with Crippen LogP contribution in [0.15, 0.2) is 36.7 Å². The molecule has 2 heterocycles. The molecule has 3 aromatic rings. The molecule has 0 atom stereocenters. The van der Waals surface area contributed by atoms with Crippen molar-refractivity contribution < 1.29 is 0 Å². The summed E-state index contributed by atoms with van der Waals surface area (Å²) in [7, 11) is 3.83. The van der Waals surface area contributed by atoms with E-state index in [-0.39, 0.29) is 0 Å². The molecule has 6 nitrogen and oxygen atoms in total. The number of fused-ring (bicyclic) bond motifs is 1. The van der Waals surface area contributed by atoms with E-state index in [1.54, 1.807) is 4.52 Å². The molecule has 0 saturated carbocycles. The van der Waals surface area contributed by atoms with Gasteiger partial charge in [-0.15, -0.1) is 0 Å². The van der Waals surface area contributed by atoms with Gasteiger partial charge in [-0.25, -0.2) is 0 Å². The summed E-state index contributed by atoms with van der Waals surface area (Å²) in [5, 5.41) is 4.11. The second kappa shape index (κ2) is 4.06. The molecule has 0 N–H and O–H groups in total. The summed E-state index contributed by atoms with van der Waals surface area (Å²) >= 11 is 0. The first-order chi connectivity index (χ1) is 8.75. The lowest BCUT2D eigenvalue weighted by Gasteiger charge is -2.12. The van der Waals surface area contributed by atoms with Gasteiger partial charge in [-0.05, 0) is 0 Å². The molecule has 0 spiro atoms. The van der Waals surface area contributed by atoms with Gasteiger partial charge in [0.2, 0.25) is 5.95 Å². The van der Waals surface area contributed by atoms with E-state index < -0.39 is 0 Å². The molecular weight excluding hydrogens is 228 g/mol. The molecule has 0 aliphatic heterocycles. The van der Waals surface area contributed by atoms with Crippen LogP contribution < -0.4 is 4.90 Å². The van der Waals surface area contributed by atoms with Crippen LogP contribution >= 0.6 is 0 Å². The lowest BCUT2D eigenvalue weighted by atomic mass is 10.2. The summed E-state index contributed by atoms with van der Waals surface area (Å²) in [6.07, 6.45) is 1.48. The minimum absolute atomic E-state index is 0.549. The summed E-state index contributed by atoms with van der Waals surface area (Å²) < 4.78 is 1.62. The van der Waals surface area contributed by atoms with Gasteiger partial charge in [0.25, 0.3) is 5.78 Å². The van der Waals surface area contributed by atoms with Gasteiger partial charge in [0.15, 0.2) is 5.82 Å². The number of hydrogen-bond donors (Lipinski definition) is 0. The highest BCUT2D eigenvalue weighted by Crippen LogP contribution is 2.18. The van der Waals surface area contributed by atoms with Crippen LogP contribution in [0.5, 0.6) is 0 Å². The van der Waals surface area contributed by atoms with Gasteiger partial charge in [-0.3, -0.25) is 0 Å². The van der Waals surface area contributed by atoms with Gasteiger partial charge in [0, 0.05) is 19.7 Å². The highest BCUT2D eigenvalue weighted by atomic mass is 15.4. The first-order valence-electron chi connectivity index (χ1n) is 5.56. The topological polar surface area (TPSA) is 59.2 Å². The van der Waals surface area contributed by atoms with Gasteiger partial charge in [-0.1, -0.05) is 30.3 Å². The molecule has 0 unspecified atom stereocenters. The molecule has 90 valence electrons. The maximum absolute atomic E-state index is 4.52. The Balaban J connectivity index is 2.25. The molecule has 0 radical (unpaired) electrons. The molecule has 0 saturated heterocycles. The summed E-state index contributed by atoms with van der Waals surface area (Å²) in [4.78, 5) is 14.9. The van der Waals surface area contributed by atoms with Gasteiger partial charge in [-0.2, -0.15) is 24.6 Å². The van der Waals surface area contributed by atoms with E-state index in [0.29, 0.717) is 17.6 Å². The molecule has 0 fully saturated rings. The molecule has 1 aromatic carbocycles. The van der Waals surface area contributed by atoms with Crippen molar-refractivity contribution in [1.29, 1.82) is 0 Å². The predicted octanol–water partition coefficient (Wildman–Crippen LogP) is 1.25. The zero-order valence-corrected chi connectivity index (χ0v) is 10.1. The van der Waals surface area contributed by atoms with E-state index in [2.05, 4.69) is 20.1 Å². The third kappa shape index (κ3) is 1.67. The second-order valence-corrected chi connectivity index (χ2v) is 4.08. The SMILES string of the molecule is CN(C)c1nc(-c2ccccc2)nc2ncnn12. The molecule has 0 bridgehead atoms. The summed E-state index contributed by atoms with van der Waals surface area (Å²) in [5.74, 6) is 1.91. The van der Waals surface area contributed by atoms with Crippen LogP contribution in [-0.2, 0) is 0 Å². The molecule has 18 heavy (non-hydrogen) atoms. The van der Waals surface area contributed by atoms with E-state index in [0.717, 1.165) is 5.56 Å². The summed E-state index contributed by atoms with van der Waals surface area (Å²) in [6, 6.07) is 9.83. The van der Waals surface area contributed by atoms with Crippen molar-refractivity contribution in [3.8, 4) is 11.4 Å². The fraction of sp³-hybridized carbons (Fsp3) is 0.167. The summed E-state index contributed by atoms with van der Waals surface area (Å²) in [5.41, 5.74) is 0.964. The smallest absolute Gasteiger partial charge is 0.257 e. The highest BCUT2D eigenvalue weighted by molar-refractivity contribution is 5.58. The van der Waals surface area contributed by atoms with Crippen molar-refractivity contribution >= 4 is 11.7 Å². The van der Waals surface area contributed by atoms with E-state index in [1.807, 2.05) is 49.3 Å². The number of anilines is 1. The van der Waals surface area contributed by atoms with Crippen molar-refractivity contribution in [2.24, 2.45) is 0 Å². The lowest BCUT2D eigenvalue weighted by molar-refractivity contribution is 0.852. The average molecular weight is 240 g/mol. The van der Waals surface area contributed by atoms with Crippen LogP contribution in [0.4, 0.5) is 5.95 Å². The first kappa shape index (κ1) is 10.6. The van der Waals surface area contributed by atoms with Crippen LogP contribution in [-0.4, -0.2) is 38.7 Å². The van der Waals surface area contributed by atoms with Crippen LogP contribution in [0.25, 0.3) is 17.2 Å². The molecule has 0 aliphatic rings. The minimum Gasteiger partial charge on any atom is -0.347 e. The number of hydrogen-bond acceptors (Lipinski definition) is 5. The van der Waals surface area contributed by atoms with Crippen LogP contribution in [0.2, 0.25) is 0 Å². The molecule has 3 rings (SSSR count). The third-order valence-electron chi connectivity index (χ3n) is 2.56. The maximum Gasteiger partial charge on any atom is 0.257 e. The monoisotopic (exact) mass is 240 g/mol. The van der Waals surface area contributed by atoms with E-state index in [9.17, 15) is 0 Å². The Kier molecular flexibility index (Phi) is 2.40. The van der Waals surface area contributed by atoms with Crippen molar-refractivity contribution in [2.75, 3.05) is 19.0 Å². The molecule has 0 aliphatic carbocycles. The average Bonchev–Trinajstić information content (AvgIpc) is 2.86. The largest absolute Gasteiger partial charge is 0.347 e. The Hall–Kier alpha value is -2.50. The number of rotatable bonds is 2. The lowest BCUT2D eigenvalue weighted by Crippen LogP contribution is -2.17. The van der Waals surface area contributed by atoms with E-state index in [1.165, 1.54) is 6.33 Å². The minimum atomic E-state index is 0.549. The fourth-order valence-electron chi connectivity index (χ4n) is 1.72. The van der Waals surface area contributed by atoms with Crippen molar-refractivity contribution in [3.05, 3.63) is 36.7 Å². The van der Waals surface area contributed by atoms with Crippen molar-refractivity contribution in [3.63, 3.8) is 0 Å². The first-order valence-corrected chi connectivity index (χ1v) is 5.56. The Morgan fingerprint density at radius 2 is 1.83 bits per heavy atom. The molecule has 6 heteroatoms. The Morgan fingerprint density at radius 3 is 2.56 bits per heavy atom. The van der Waals surface area contributed by atoms with Crippen LogP contribution in [0.3, 0.4) is 0 Å².